The first-order valence-corrected chi connectivity index (χ1v) is 6.62. The third kappa shape index (κ3) is 3.79. The van der Waals surface area contributed by atoms with Crippen LogP contribution < -0.4 is 10.6 Å². The molecule has 0 aliphatic heterocycles. The number of pyridine rings is 1. The molecule has 0 saturated carbocycles. The lowest BCUT2D eigenvalue weighted by molar-refractivity contribution is 0.518. The Morgan fingerprint density at radius 3 is 2.48 bits per heavy atom. The summed E-state index contributed by atoms with van der Waals surface area (Å²) in [6, 6.07) is 11.4. The summed E-state index contributed by atoms with van der Waals surface area (Å²) in [7, 11) is 0. The molecule has 3 heterocycles. The van der Waals surface area contributed by atoms with Gasteiger partial charge in [-0.05, 0) is 24.3 Å². The van der Waals surface area contributed by atoms with Gasteiger partial charge in [0, 0.05) is 12.3 Å². The first kappa shape index (κ1) is 13.1. The number of hydrogen-bond donors (Lipinski definition) is 2. The second kappa shape index (κ2) is 6.51. The van der Waals surface area contributed by atoms with Gasteiger partial charge < -0.3 is 15.1 Å². The highest BCUT2D eigenvalue weighted by molar-refractivity contribution is 5.46. The van der Waals surface area contributed by atoms with Crippen LogP contribution in [0.3, 0.4) is 0 Å². The molecule has 0 bridgehead atoms. The Morgan fingerprint density at radius 2 is 1.76 bits per heavy atom. The van der Waals surface area contributed by atoms with Crippen LogP contribution in [0.15, 0.2) is 59.6 Å². The van der Waals surface area contributed by atoms with Crippen molar-refractivity contribution in [2.75, 3.05) is 10.6 Å². The molecular formula is C15H15N5O. The van der Waals surface area contributed by atoms with Crippen molar-refractivity contribution in [2.45, 2.75) is 13.1 Å². The lowest BCUT2D eigenvalue weighted by Crippen LogP contribution is -2.05. The van der Waals surface area contributed by atoms with E-state index in [4.69, 9.17) is 4.42 Å². The molecule has 0 unspecified atom stereocenters. The highest BCUT2D eigenvalue weighted by Crippen LogP contribution is 2.11. The lowest BCUT2D eigenvalue weighted by atomic mass is 10.3. The molecule has 3 rings (SSSR count). The van der Waals surface area contributed by atoms with Gasteiger partial charge in [0.2, 0.25) is 0 Å². The molecule has 0 amide bonds. The molecule has 0 spiro atoms. The fourth-order valence-corrected chi connectivity index (χ4v) is 1.83. The molecule has 0 radical (unpaired) electrons. The summed E-state index contributed by atoms with van der Waals surface area (Å²) in [6.07, 6.45) is 4.94. The van der Waals surface area contributed by atoms with Crippen LogP contribution in [0.5, 0.6) is 0 Å². The third-order valence-corrected chi connectivity index (χ3v) is 2.87. The van der Waals surface area contributed by atoms with Crippen LogP contribution in [0.4, 0.5) is 11.6 Å². The summed E-state index contributed by atoms with van der Waals surface area (Å²) in [5, 5.41) is 6.40. The van der Waals surface area contributed by atoms with Crippen molar-refractivity contribution in [2.24, 2.45) is 0 Å². The van der Waals surface area contributed by atoms with Crippen molar-refractivity contribution in [1.82, 2.24) is 15.0 Å². The molecule has 0 saturated heterocycles. The maximum Gasteiger partial charge on any atom is 0.131 e. The number of hydrogen-bond acceptors (Lipinski definition) is 6. The molecule has 0 fully saturated rings. The monoisotopic (exact) mass is 281 g/mol. The van der Waals surface area contributed by atoms with Gasteiger partial charge in [-0.25, -0.2) is 9.97 Å². The van der Waals surface area contributed by atoms with Gasteiger partial charge in [0.1, 0.15) is 23.7 Å². The minimum atomic E-state index is 0.587. The second-order valence-corrected chi connectivity index (χ2v) is 4.40. The van der Waals surface area contributed by atoms with E-state index in [-0.39, 0.29) is 0 Å². The van der Waals surface area contributed by atoms with Crippen molar-refractivity contribution < 1.29 is 4.42 Å². The van der Waals surface area contributed by atoms with Crippen LogP contribution in [0.1, 0.15) is 11.5 Å². The van der Waals surface area contributed by atoms with E-state index in [9.17, 15) is 0 Å². The molecule has 0 aliphatic carbocycles. The predicted octanol–water partition coefficient (Wildman–Crippen LogP) is 2.69. The smallest absolute Gasteiger partial charge is 0.131 e. The standard InChI is InChI=1S/C15H15N5O/c1-2-6-16-12(4-1)9-17-14-8-15(20-11-19-14)18-10-13-5-3-7-21-13/h1-8,11H,9-10H2,(H2,17,18,19,20). The molecule has 21 heavy (non-hydrogen) atoms. The number of nitrogens with zero attached hydrogens (tertiary/aromatic N) is 3. The molecule has 106 valence electrons. The van der Waals surface area contributed by atoms with Gasteiger partial charge >= 0.3 is 0 Å². The zero-order chi connectivity index (χ0) is 14.3. The minimum Gasteiger partial charge on any atom is -0.467 e. The van der Waals surface area contributed by atoms with Crippen molar-refractivity contribution in [3.63, 3.8) is 0 Å². The first-order chi connectivity index (χ1) is 10.4. The fraction of sp³-hybridized carbons (Fsp3) is 0.133. The number of rotatable bonds is 6. The lowest BCUT2D eigenvalue weighted by Gasteiger charge is -2.07. The molecule has 6 heteroatoms. The third-order valence-electron chi connectivity index (χ3n) is 2.87. The van der Waals surface area contributed by atoms with Gasteiger partial charge in [-0.2, -0.15) is 0 Å². The molecule has 3 aromatic heterocycles. The van der Waals surface area contributed by atoms with Gasteiger partial charge in [-0.3, -0.25) is 4.98 Å². The number of nitrogens with one attached hydrogen (secondary N) is 2. The van der Waals surface area contributed by atoms with Gasteiger partial charge in [-0.1, -0.05) is 6.07 Å². The van der Waals surface area contributed by atoms with E-state index >= 15 is 0 Å². The highest BCUT2D eigenvalue weighted by Gasteiger charge is 2.01. The van der Waals surface area contributed by atoms with Gasteiger partial charge in [0.05, 0.1) is 25.0 Å². The molecule has 0 aromatic carbocycles. The number of furan rings is 1. The van der Waals surface area contributed by atoms with Crippen LogP contribution in [-0.2, 0) is 13.1 Å². The van der Waals surface area contributed by atoms with Gasteiger partial charge in [-0.15, -0.1) is 0 Å². The highest BCUT2D eigenvalue weighted by atomic mass is 16.3. The summed E-state index contributed by atoms with van der Waals surface area (Å²) in [6.45, 7) is 1.21. The summed E-state index contributed by atoms with van der Waals surface area (Å²) in [4.78, 5) is 12.6. The summed E-state index contributed by atoms with van der Waals surface area (Å²) < 4.78 is 5.26. The topological polar surface area (TPSA) is 75.9 Å². The average molecular weight is 281 g/mol. The van der Waals surface area contributed by atoms with E-state index in [1.54, 1.807) is 12.5 Å². The Bertz CT molecular complexity index is 670. The van der Waals surface area contributed by atoms with Crippen LogP contribution in [0.25, 0.3) is 0 Å². The van der Waals surface area contributed by atoms with E-state index in [1.807, 2.05) is 36.4 Å². The Labute approximate surface area is 122 Å². The second-order valence-electron chi connectivity index (χ2n) is 4.40. The zero-order valence-electron chi connectivity index (χ0n) is 11.4. The zero-order valence-corrected chi connectivity index (χ0v) is 11.4. The van der Waals surface area contributed by atoms with E-state index in [0.717, 1.165) is 23.1 Å². The Hall–Kier alpha value is -2.89. The van der Waals surface area contributed by atoms with E-state index in [0.29, 0.717) is 13.1 Å². The number of aromatic nitrogens is 3. The summed E-state index contributed by atoms with van der Waals surface area (Å²) in [5.41, 5.74) is 0.959. The van der Waals surface area contributed by atoms with Gasteiger partial charge in [0.15, 0.2) is 0 Å². The quantitative estimate of drug-likeness (QED) is 0.723. The first-order valence-electron chi connectivity index (χ1n) is 6.62. The van der Waals surface area contributed by atoms with Gasteiger partial charge in [0.25, 0.3) is 0 Å². The normalized spacial score (nSPS) is 10.3. The predicted molar refractivity (Wildman–Crippen MR) is 79.6 cm³/mol. The summed E-state index contributed by atoms with van der Waals surface area (Å²) in [5.74, 6) is 2.35. The Morgan fingerprint density at radius 1 is 0.905 bits per heavy atom. The SMILES string of the molecule is c1ccc(CNc2cc(NCc3ccco3)ncn2)nc1. The van der Waals surface area contributed by atoms with Crippen molar-refractivity contribution in [3.8, 4) is 0 Å². The maximum absolute atomic E-state index is 5.26. The van der Waals surface area contributed by atoms with Crippen LogP contribution in [-0.4, -0.2) is 15.0 Å². The Kier molecular flexibility index (Phi) is 4.07. The van der Waals surface area contributed by atoms with Crippen molar-refractivity contribution >= 4 is 11.6 Å². The fourth-order valence-electron chi connectivity index (χ4n) is 1.83. The average Bonchev–Trinajstić information content (AvgIpc) is 3.06. The molecule has 2 N–H and O–H groups in total. The maximum atomic E-state index is 5.26. The molecule has 3 aromatic rings. The molecule has 0 aliphatic rings. The Balaban J connectivity index is 1.58. The van der Waals surface area contributed by atoms with E-state index in [1.165, 1.54) is 6.33 Å². The van der Waals surface area contributed by atoms with Crippen LogP contribution >= 0.6 is 0 Å². The summed E-state index contributed by atoms with van der Waals surface area (Å²) >= 11 is 0. The molecule has 6 nitrogen and oxygen atoms in total. The van der Waals surface area contributed by atoms with Crippen molar-refractivity contribution in [3.05, 3.63) is 66.6 Å². The van der Waals surface area contributed by atoms with Crippen LogP contribution in [0.2, 0.25) is 0 Å². The number of anilines is 2. The van der Waals surface area contributed by atoms with Crippen molar-refractivity contribution in [1.29, 1.82) is 0 Å². The van der Waals surface area contributed by atoms with Crippen LogP contribution in [0, 0.1) is 0 Å². The van der Waals surface area contributed by atoms with E-state index in [2.05, 4.69) is 25.6 Å². The minimum absolute atomic E-state index is 0.587. The molecule has 0 atom stereocenters. The van der Waals surface area contributed by atoms with E-state index < -0.39 is 0 Å². The molecular weight excluding hydrogens is 266 g/mol. The largest absolute Gasteiger partial charge is 0.467 e.